The maximum Gasteiger partial charge on any atom is 0.329 e. The highest BCUT2D eigenvalue weighted by Gasteiger charge is 2.46. The van der Waals surface area contributed by atoms with Crippen LogP contribution in [0.2, 0.25) is 0 Å². The van der Waals surface area contributed by atoms with E-state index in [2.05, 4.69) is 53.6 Å². The summed E-state index contributed by atoms with van der Waals surface area (Å²) in [7, 11) is 0. The van der Waals surface area contributed by atoms with Crippen molar-refractivity contribution in [3.63, 3.8) is 0 Å². The summed E-state index contributed by atoms with van der Waals surface area (Å²) in [6.45, 7) is 7.90. The first-order chi connectivity index (χ1) is 20.0. The van der Waals surface area contributed by atoms with Crippen molar-refractivity contribution >= 4 is 11.9 Å². The average molecular weight is 545 g/mol. The van der Waals surface area contributed by atoms with E-state index in [9.17, 15) is 9.59 Å². The molecule has 5 heteroatoms. The lowest BCUT2D eigenvalue weighted by atomic mass is 9.79. The van der Waals surface area contributed by atoms with E-state index in [4.69, 9.17) is 4.74 Å². The van der Waals surface area contributed by atoms with Crippen molar-refractivity contribution in [3.05, 3.63) is 144 Å². The molecule has 0 saturated carbocycles. The van der Waals surface area contributed by atoms with Crippen molar-refractivity contribution in [1.29, 1.82) is 0 Å². The number of benzene rings is 4. The lowest BCUT2D eigenvalue weighted by molar-refractivity contribution is -0.150. The quantitative estimate of drug-likeness (QED) is 0.170. The molecule has 0 heterocycles. The van der Waals surface area contributed by atoms with Crippen molar-refractivity contribution in [2.24, 2.45) is 5.92 Å². The van der Waals surface area contributed by atoms with E-state index in [0.29, 0.717) is 6.42 Å². The van der Waals surface area contributed by atoms with Gasteiger partial charge in [-0.25, -0.2) is 4.79 Å². The average Bonchev–Trinajstić information content (AvgIpc) is 3.29. The van der Waals surface area contributed by atoms with Crippen LogP contribution in [0, 0.1) is 5.92 Å². The van der Waals surface area contributed by atoms with Gasteiger partial charge in [-0.15, -0.1) is 6.58 Å². The monoisotopic (exact) mass is 544 g/mol. The van der Waals surface area contributed by atoms with Crippen LogP contribution in [0.4, 0.5) is 0 Å². The highest BCUT2D eigenvalue weighted by atomic mass is 16.5. The van der Waals surface area contributed by atoms with Gasteiger partial charge in [-0.05, 0) is 45.7 Å². The minimum Gasteiger partial charge on any atom is -0.459 e. The fourth-order valence-corrected chi connectivity index (χ4v) is 5.70. The second-order valence-electron chi connectivity index (χ2n) is 10.8. The van der Waals surface area contributed by atoms with Gasteiger partial charge >= 0.3 is 5.97 Å². The van der Waals surface area contributed by atoms with Gasteiger partial charge < -0.3 is 10.1 Å². The second kappa shape index (κ2) is 12.4. The van der Waals surface area contributed by atoms with Gasteiger partial charge in [0.2, 0.25) is 5.91 Å². The van der Waals surface area contributed by atoms with Crippen LogP contribution in [-0.4, -0.2) is 24.0 Å². The third-order valence-electron chi connectivity index (χ3n) is 7.71. The smallest absolute Gasteiger partial charge is 0.329 e. The van der Waals surface area contributed by atoms with Gasteiger partial charge in [0.25, 0.3) is 0 Å². The molecule has 2 atom stereocenters. The summed E-state index contributed by atoms with van der Waals surface area (Å²) in [6.07, 6.45) is 2.11. The van der Waals surface area contributed by atoms with Crippen molar-refractivity contribution in [2.75, 3.05) is 0 Å². The summed E-state index contributed by atoms with van der Waals surface area (Å²) >= 11 is 0. The fraction of sp³-hybridized carbons (Fsp3) is 0.222. The van der Waals surface area contributed by atoms with Gasteiger partial charge in [-0.1, -0.05) is 129 Å². The minimum atomic E-state index is -0.795. The number of nitrogens with one attached hydrogen (secondary N) is 2. The standard InChI is InChI=1S/C36H36N2O3/c1-4-15-32(34(39)37-33(25(2)3)35(40)41-24-26-16-7-5-8-17-26)38-36(27-18-9-6-10-19-27)30-22-13-11-20-28(30)29-21-12-14-23-31(29)36/h4-14,16-23,25,32-33,38H,1,15,24H2,2-3H3,(H,37,39)/t32?,33-/m0/s1. The molecule has 5 nitrogen and oxygen atoms in total. The first kappa shape index (κ1) is 28.1. The predicted octanol–water partition coefficient (Wildman–Crippen LogP) is 6.38. The molecule has 4 aromatic carbocycles. The molecule has 0 radical (unpaired) electrons. The number of hydrogen-bond donors (Lipinski definition) is 2. The molecule has 208 valence electrons. The van der Waals surface area contributed by atoms with Gasteiger partial charge in [0, 0.05) is 0 Å². The van der Waals surface area contributed by atoms with Crippen molar-refractivity contribution in [1.82, 2.24) is 10.6 Å². The Balaban J connectivity index is 1.48. The van der Waals surface area contributed by atoms with Crippen LogP contribution in [0.5, 0.6) is 0 Å². The predicted molar refractivity (Wildman–Crippen MR) is 163 cm³/mol. The summed E-state index contributed by atoms with van der Waals surface area (Å²) in [6, 6.07) is 34.9. The molecule has 41 heavy (non-hydrogen) atoms. The van der Waals surface area contributed by atoms with E-state index in [-0.39, 0.29) is 18.4 Å². The highest BCUT2D eigenvalue weighted by Crippen LogP contribution is 2.51. The molecule has 5 rings (SSSR count). The SMILES string of the molecule is C=CCC(NC1(c2ccccc2)c2ccccc2-c2ccccc21)C(=O)N[C@H](C(=O)OCc1ccccc1)C(C)C. The molecule has 0 saturated heterocycles. The van der Waals surface area contributed by atoms with Crippen LogP contribution in [0.1, 0.15) is 42.5 Å². The van der Waals surface area contributed by atoms with Crippen LogP contribution in [0.25, 0.3) is 11.1 Å². The van der Waals surface area contributed by atoms with E-state index in [0.717, 1.165) is 33.4 Å². The maximum atomic E-state index is 14.0. The molecule has 2 N–H and O–H groups in total. The Kier molecular flexibility index (Phi) is 8.46. The fourth-order valence-electron chi connectivity index (χ4n) is 5.70. The van der Waals surface area contributed by atoms with E-state index >= 15 is 0 Å². The Morgan fingerprint density at radius 1 is 0.805 bits per heavy atom. The second-order valence-corrected chi connectivity index (χ2v) is 10.8. The van der Waals surface area contributed by atoms with E-state index in [1.54, 1.807) is 6.08 Å². The Morgan fingerprint density at radius 3 is 1.90 bits per heavy atom. The zero-order valence-electron chi connectivity index (χ0n) is 23.5. The van der Waals surface area contributed by atoms with E-state index in [1.165, 1.54) is 0 Å². The van der Waals surface area contributed by atoms with Crippen molar-refractivity contribution in [3.8, 4) is 11.1 Å². The van der Waals surface area contributed by atoms with E-state index < -0.39 is 23.6 Å². The summed E-state index contributed by atoms with van der Waals surface area (Å²) < 4.78 is 5.61. The van der Waals surface area contributed by atoms with Gasteiger partial charge in [0.1, 0.15) is 12.6 Å². The highest BCUT2D eigenvalue weighted by molar-refractivity contribution is 5.89. The van der Waals surface area contributed by atoms with Crippen LogP contribution in [-0.2, 0) is 26.5 Å². The van der Waals surface area contributed by atoms with Crippen LogP contribution < -0.4 is 10.6 Å². The third-order valence-corrected chi connectivity index (χ3v) is 7.71. The normalized spacial score (nSPS) is 14.4. The number of ether oxygens (including phenoxy) is 1. The number of carbonyl (C=O) groups excluding carboxylic acids is 2. The number of esters is 1. The van der Waals surface area contributed by atoms with Gasteiger partial charge in [0.05, 0.1) is 11.6 Å². The Labute approximate surface area is 242 Å². The summed E-state index contributed by atoms with van der Waals surface area (Å²) in [4.78, 5) is 27.1. The molecule has 1 aliphatic rings. The lowest BCUT2D eigenvalue weighted by Crippen LogP contribution is -2.57. The molecule has 0 aliphatic heterocycles. The molecule has 4 aromatic rings. The molecule has 0 bridgehead atoms. The van der Waals surface area contributed by atoms with Gasteiger partial charge in [-0.3, -0.25) is 10.1 Å². The van der Waals surface area contributed by atoms with Crippen molar-refractivity contribution < 1.29 is 14.3 Å². The Bertz CT molecular complexity index is 1470. The number of amides is 1. The number of carbonyl (C=O) groups is 2. The van der Waals surface area contributed by atoms with Gasteiger partial charge in [0.15, 0.2) is 0 Å². The molecule has 1 unspecified atom stereocenters. The Morgan fingerprint density at radius 2 is 1.34 bits per heavy atom. The molecule has 1 amide bonds. The first-order valence-electron chi connectivity index (χ1n) is 14.1. The topological polar surface area (TPSA) is 67.4 Å². The number of fused-ring (bicyclic) bond motifs is 3. The van der Waals surface area contributed by atoms with Crippen LogP contribution in [0.15, 0.2) is 122 Å². The summed E-state index contributed by atoms with van der Waals surface area (Å²) in [5.74, 6) is -0.899. The molecular weight excluding hydrogens is 508 g/mol. The molecular formula is C36H36N2O3. The van der Waals surface area contributed by atoms with Crippen LogP contribution >= 0.6 is 0 Å². The third kappa shape index (κ3) is 5.59. The largest absolute Gasteiger partial charge is 0.459 e. The maximum absolute atomic E-state index is 14.0. The zero-order valence-corrected chi connectivity index (χ0v) is 23.5. The molecule has 1 aliphatic carbocycles. The van der Waals surface area contributed by atoms with Crippen LogP contribution in [0.3, 0.4) is 0 Å². The van der Waals surface area contributed by atoms with Gasteiger partial charge in [-0.2, -0.15) is 0 Å². The van der Waals surface area contributed by atoms with E-state index in [1.807, 2.05) is 86.6 Å². The minimum absolute atomic E-state index is 0.151. The molecule has 0 spiro atoms. The summed E-state index contributed by atoms with van der Waals surface area (Å²) in [5, 5.41) is 6.77. The number of rotatable bonds is 11. The molecule has 0 fully saturated rings. The first-order valence-corrected chi connectivity index (χ1v) is 14.1. The summed E-state index contributed by atoms with van der Waals surface area (Å²) in [5.41, 5.74) is 5.56. The lowest BCUT2D eigenvalue weighted by Gasteiger charge is -2.37. The molecule has 0 aromatic heterocycles. The van der Waals surface area contributed by atoms with Crippen molar-refractivity contribution in [2.45, 2.75) is 44.5 Å². The zero-order chi connectivity index (χ0) is 28.8. The Hall–Kier alpha value is -4.48. The number of hydrogen-bond acceptors (Lipinski definition) is 4.